The van der Waals surface area contributed by atoms with Gasteiger partial charge in [0.05, 0.1) is 12.6 Å². The van der Waals surface area contributed by atoms with E-state index in [2.05, 4.69) is 14.8 Å². The highest BCUT2D eigenvalue weighted by Gasteiger charge is 2.30. The Labute approximate surface area is 66.1 Å². The first-order valence-electron chi connectivity index (χ1n) is 3.96. The fourth-order valence-corrected chi connectivity index (χ4v) is 1.48. The lowest BCUT2D eigenvalue weighted by Gasteiger charge is -2.39. The third-order valence-corrected chi connectivity index (χ3v) is 2.18. The van der Waals surface area contributed by atoms with Crippen molar-refractivity contribution < 1.29 is 5.11 Å². The van der Waals surface area contributed by atoms with Gasteiger partial charge in [0.2, 0.25) is 0 Å². The monoisotopic (exact) mass is 155 g/mol. The molecule has 0 aliphatic carbocycles. The van der Waals surface area contributed by atoms with E-state index < -0.39 is 0 Å². The van der Waals surface area contributed by atoms with Crippen LogP contribution in [0.1, 0.15) is 0 Å². The summed E-state index contributed by atoms with van der Waals surface area (Å²) in [5.74, 6) is 1.05. The van der Waals surface area contributed by atoms with Gasteiger partial charge in [0.1, 0.15) is 0 Å². The molecule has 0 saturated carbocycles. The van der Waals surface area contributed by atoms with E-state index in [4.69, 9.17) is 5.11 Å². The smallest absolute Gasteiger partial charge is 0.196 e. The van der Waals surface area contributed by atoms with Gasteiger partial charge in [0.15, 0.2) is 5.96 Å². The molecular formula is C7H13N3O. The van der Waals surface area contributed by atoms with Gasteiger partial charge in [-0.05, 0) is 0 Å². The Morgan fingerprint density at radius 2 is 2.27 bits per heavy atom. The number of nitrogens with zero attached hydrogens (tertiary/aromatic N) is 3. The number of guanidine groups is 1. The molecule has 0 aromatic carbocycles. The van der Waals surface area contributed by atoms with Gasteiger partial charge in [0.25, 0.3) is 0 Å². The Balaban J connectivity index is 1.95. The van der Waals surface area contributed by atoms with E-state index in [0.29, 0.717) is 0 Å². The van der Waals surface area contributed by atoms with E-state index in [1.807, 2.05) is 7.05 Å². The molecule has 0 bridgehead atoms. The van der Waals surface area contributed by atoms with Crippen LogP contribution in [0.4, 0.5) is 0 Å². The van der Waals surface area contributed by atoms with Gasteiger partial charge in [-0.25, -0.2) is 0 Å². The molecule has 1 N–H and O–H groups in total. The Kier molecular flexibility index (Phi) is 1.49. The maximum absolute atomic E-state index is 9.05. The van der Waals surface area contributed by atoms with Gasteiger partial charge in [-0.3, -0.25) is 4.99 Å². The summed E-state index contributed by atoms with van der Waals surface area (Å²) in [5, 5.41) is 9.05. The summed E-state index contributed by atoms with van der Waals surface area (Å²) >= 11 is 0. The molecule has 2 heterocycles. The zero-order valence-corrected chi connectivity index (χ0v) is 6.69. The number of aliphatic hydroxyl groups excluding tert-OH is 1. The van der Waals surface area contributed by atoms with Crippen LogP contribution in [0, 0.1) is 0 Å². The first-order chi connectivity index (χ1) is 5.27. The van der Waals surface area contributed by atoms with Crippen LogP contribution in [-0.2, 0) is 0 Å². The molecule has 0 unspecified atom stereocenters. The molecule has 0 aromatic heterocycles. The highest BCUT2D eigenvalue weighted by Crippen LogP contribution is 2.12. The summed E-state index contributed by atoms with van der Waals surface area (Å²) in [7, 11) is 2.04. The molecule has 2 aliphatic rings. The van der Waals surface area contributed by atoms with Crippen LogP contribution in [0.25, 0.3) is 0 Å². The van der Waals surface area contributed by atoms with E-state index in [1.54, 1.807) is 0 Å². The minimum atomic E-state index is -0.133. The van der Waals surface area contributed by atoms with Gasteiger partial charge >= 0.3 is 0 Å². The molecule has 0 spiro atoms. The lowest BCUT2D eigenvalue weighted by atomic mass is 10.2. The van der Waals surface area contributed by atoms with Gasteiger partial charge in [0, 0.05) is 26.7 Å². The van der Waals surface area contributed by atoms with Gasteiger partial charge in [-0.1, -0.05) is 0 Å². The number of β-amino-alcohol motifs (C(OH)–C–C–N with tert-alkyl or cyclic N) is 1. The molecule has 0 radical (unpaired) electrons. The molecular weight excluding hydrogens is 142 g/mol. The van der Waals surface area contributed by atoms with Crippen LogP contribution in [0.15, 0.2) is 4.99 Å². The highest BCUT2D eigenvalue weighted by atomic mass is 16.3. The van der Waals surface area contributed by atoms with Crippen molar-refractivity contribution in [3.8, 4) is 0 Å². The maximum atomic E-state index is 9.05. The Morgan fingerprint density at radius 1 is 1.55 bits per heavy atom. The molecule has 1 saturated heterocycles. The van der Waals surface area contributed by atoms with Crippen LogP contribution in [0.2, 0.25) is 0 Å². The van der Waals surface area contributed by atoms with E-state index in [1.165, 1.54) is 0 Å². The van der Waals surface area contributed by atoms with Crippen molar-refractivity contribution in [1.82, 2.24) is 9.80 Å². The minimum absolute atomic E-state index is 0.133. The quantitative estimate of drug-likeness (QED) is 0.486. The lowest BCUT2D eigenvalue weighted by molar-refractivity contribution is 0.0407. The average molecular weight is 155 g/mol. The van der Waals surface area contributed by atoms with Crippen molar-refractivity contribution >= 4 is 5.96 Å². The minimum Gasteiger partial charge on any atom is -0.389 e. The number of hydrogen-bond acceptors (Lipinski definition) is 4. The number of aliphatic hydroxyl groups is 1. The standard InChI is InChI=1S/C7H13N3O/c1-9-3-2-8-7(9)10-4-6(11)5-10/h6,11H,2-5H2,1H3. The second-order valence-electron chi connectivity index (χ2n) is 3.16. The maximum Gasteiger partial charge on any atom is 0.196 e. The van der Waals surface area contributed by atoms with Crippen LogP contribution >= 0.6 is 0 Å². The predicted octanol–water partition coefficient (Wildman–Crippen LogP) is -1.04. The van der Waals surface area contributed by atoms with Crippen LogP contribution in [-0.4, -0.2) is 60.2 Å². The number of likely N-dealkylation sites (tertiary alicyclic amines) is 1. The van der Waals surface area contributed by atoms with Crippen molar-refractivity contribution in [2.45, 2.75) is 6.10 Å². The van der Waals surface area contributed by atoms with Crippen molar-refractivity contribution in [3.05, 3.63) is 0 Å². The molecule has 0 amide bonds. The van der Waals surface area contributed by atoms with Crippen LogP contribution in [0.3, 0.4) is 0 Å². The Bertz CT molecular complexity index is 186. The fourth-order valence-electron chi connectivity index (χ4n) is 1.48. The topological polar surface area (TPSA) is 39.1 Å². The number of hydrogen-bond donors (Lipinski definition) is 1. The highest BCUT2D eigenvalue weighted by molar-refractivity contribution is 5.82. The first kappa shape index (κ1) is 6.91. The molecule has 4 heteroatoms. The Hall–Kier alpha value is -0.770. The van der Waals surface area contributed by atoms with Crippen molar-refractivity contribution in [3.63, 3.8) is 0 Å². The SMILES string of the molecule is CN1CCN=C1N1CC(O)C1. The largest absolute Gasteiger partial charge is 0.389 e. The molecule has 4 nitrogen and oxygen atoms in total. The van der Waals surface area contributed by atoms with Crippen molar-refractivity contribution in [2.24, 2.45) is 4.99 Å². The molecule has 1 fully saturated rings. The van der Waals surface area contributed by atoms with Gasteiger partial charge < -0.3 is 14.9 Å². The first-order valence-corrected chi connectivity index (χ1v) is 3.96. The lowest BCUT2D eigenvalue weighted by Crippen LogP contribution is -2.56. The third kappa shape index (κ3) is 1.07. The second-order valence-corrected chi connectivity index (χ2v) is 3.16. The molecule has 11 heavy (non-hydrogen) atoms. The van der Waals surface area contributed by atoms with Crippen LogP contribution in [0.5, 0.6) is 0 Å². The normalized spacial score (nSPS) is 25.5. The van der Waals surface area contributed by atoms with Gasteiger partial charge in [-0.2, -0.15) is 0 Å². The third-order valence-electron chi connectivity index (χ3n) is 2.18. The fraction of sp³-hybridized carbons (Fsp3) is 0.857. The second kappa shape index (κ2) is 2.37. The summed E-state index contributed by atoms with van der Waals surface area (Å²) in [5.41, 5.74) is 0. The zero-order valence-electron chi connectivity index (χ0n) is 6.69. The van der Waals surface area contributed by atoms with E-state index in [-0.39, 0.29) is 6.10 Å². The van der Waals surface area contributed by atoms with E-state index in [0.717, 1.165) is 32.1 Å². The Morgan fingerprint density at radius 3 is 2.73 bits per heavy atom. The summed E-state index contributed by atoms with van der Waals surface area (Å²) < 4.78 is 0. The summed E-state index contributed by atoms with van der Waals surface area (Å²) in [4.78, 5) is 8.57. The molecule has 0 atom stereocenters. The molecule has 2 aliphatic heterocycles. The van der Waals surface area contributed by atoms with E-state index >= 15 is 0 Å². The van der Waals surface area contributed by atoms with Crippen LogP contribution < -0.4 is 0 Å². The average Bonchev–Trinajstić information content (AvgIpc) is 2.29. The molecule has 2 rings (SSSR count). The number of rotatable bonds is 0. The van der Waals surface area contributed by atoms with Crippen molar-refractivity contribution in [2.75, 3.05) is 33.2 Å². The zero-order chi connectivity index (χ0) is 7.84. The number of likely N-dealkylation sites (N-methyl/N-ethyl adjacent to an activating group) is 1. The van der Waals surface area contributed by atoms with Crippen molar-refractivity contribution in [1.29, 1.82) is 0 Å². The van der Waals surface area contributed by atoms with E-state index in [9.17, 15) is 0 Å². The number of aliphatic imine (C=N–C) groups is 1. The van der Waals surface area contributed by atoms with Gasteiger partial charge in [-0.15, -0.1) is 0 Å². The summed E-state index contributed by atoms with van der Waals surface area (Å²) in [6.07, 6.45) is -0.133. The molecule has 0 aromatic rings. The molecule has 62 valence electrons. The predicted molar refractivity (Wildman–Crippen MR) is 42.5 cm³/mol. The summed E-state index contributed by atoms with van der Waals surface area (Å²) in [6, 6.07) is 0. The summed E-state index contributed by atoms with van der Waals surface area (Å²) in [6.45, 7) is 3.42.